The van der Waals surface area contributed by atoms with Crippen LogP contribution in [0.3, 0.4) is 0 Å². The molecule has 30 heavy (non-hydrogen) atoms. The van der Waals surface area contributed by atoms with E-state index in [2.05, 4.69) is 0 Å². The first-order valence-electron chi connectivity index (χ1n) is 9.91. The summed E-state index contributed by atoms with van der Waals surface area (Å²) in [5, 5.41) is 0.663. The van der Waals surface area contributed by atoms with Crippen LogP contribution in [0.5, 0.6) is 11.5 Å². The standard InChI is InChI=1S/C26H23ClO3/c1-26(2)16-22-24(30-26)15-13-21(25(22)29-17-19-6-4-3-5-7-19)23(28)14-10-18-8-11-20(27)12-9-18/h3-15H,16-17H2,1-2H3/b14-10+. The molecule has 0 aliphatic carbocycles. The topological polar surface area (TPSA) is 35.5 Å². The van der Waals surface area contributed by atoms with Crippen LogP contribution in [0.1, 0.15) is 40.9 Å². The minimum Gasteiger partial charge on any atom is -0.488 e. The zero-order valence-corrected chi connectivity index (χ0v) is 17.8. The highest BCUT2D eigenvalue weighted by Crippen LogP contribution is 2.42. The van der Waals surface area contributed by atoms with E-state index in [-0.39, 0.29) is 11.4 Å². The van der Waals surface area contributed by atoms with Gasteiger partial charge in [-0.25, -0.2) is 0 Å². The molecule has 0 aromatic heterocycles. The normalized spacial score (nSPS) is 14.4. The quantitative estimate of drug-likeness (QED) is 0.337. The Bertz CT molecular complexity index is 1080. The largest absolute Gasteiger partial charge is 0.488 e. The zero-order chi connectivity index (χ0) is 21.1. The maximum Gasteiger partial charge on any atom is 0.189 e. The molecule has 4 rings (SSSR count). The minimum absolute atomic E-state index is 0.111. The molecule has 0 radical (unpaired) electrons. The third kappa shape index (κ3) is 4.58. The molecule has 3 nitrogen and oxygen atoms in total. The first-order chi connectivity index (χ1) is 14.4. The summed E-state index contributed by atoms with van der Waals surface area (Å²) in [6, 6.07) is 20.9. The molecule has 0 bridgehead atoms. The van der Waals surface area contributed by atoms with Crippen molar-refractivity contribution in [2.24, 2.45) is 0 Å². The summed E-state index contributed by atoms with van der Waals surface area (Å²) in [4.78, 5) is 13.0. The van der Waals surface area contributed by atoms with E-state index in [1.807, 2.05) is 62.4 Å². The molecule has 1 aliphatic heterocycles. The number of benzene rings is 3. The Morgan fingerprint density at radius 3 is 2.53 bits per heavy atom. The number of carbonyl (C=O) groups excluding carboxylic acids is 1. The number of ketones is 1. The summed E-state index contributed by atoms with van der Waals surface area (Å²) in [7, 11) is 0. The number of hydrogen-bond donors (Lipinski definition) is 0. The molecule has 0 spiro atoms. The number of allylic oxidation sites excluding steroid dienone is 1. The maximum absolute atomic E-state index is 13.0. The molecule has 0 amide bonds. The summed E-state index contributed by atoms with van der Waals surface area (Å²) < 4.78 is 12.2. The first kappa shape index (κ1) is 20.2. The lowest BCUT2D eigenvalue weighted by molar-refractivity contribution is 0.104. The molecule has 3 aromatic rings. The van der Waals surface area contributed by atoms with Crippen LogP contribution in [0.4, 0.5) is 0 Å². The van der Waals surface area contributed by atoms with E-state index >= 15 is 0 Å². The van der Waals surface area contributed by atoms with Gasteiger partial charge in [0.2, 0.25) is 0 Å². The molecular formula is C26H23ClO3. The number of rotatable bonds is 6. The second-order valence-electron chi connectivity index (χ2n) is 7.98. The lowest BCUT2D eigenvalue weighted by atomic mass is 9.97. The fourth-order valence-corrected chi connectivity index (χ4v) is 3.68. The second-order valence-corrected chi connectivity index (χ2v) is 8.42. The number of ether oxygens (including phenoxy) is 2. The van der Waals surface area contributed by atoms with Crippen LogP contribution in [0, 0.1) is 0 Å². The van der Waals surface area contributed by atoms with Crippen molar-refractivity contribution in [3.63, 3.8) is 0 Å². The number of fused-ring (bicyclic) bond motifs is 1. The van der Waals surface area contributed by atoms with Crippen LogP contribution >= 0.6 is 11.6 Å². The van der Waals surface area contributed by atoms with Crippen molar-refractivity contribution in [3.8, 4) is 11.5 Å². The van der Waals surface area contributed by atoms with Gasteiger partial charge in [-0.15, -0.1) is 0 Å². The fourth-order valence-electron chi connectivity index (χ4n) is 3.56. The van der Waals surface area contributed by atoms with E-state index in [0.717, 1.165) is 22.4 Å². The van der Waals surface area contributed by atoms with E-state index in [0.29, 0.717) is 29.4 Å². The fraction of sp³-hybridized carbons (Fsp3) is 0.192. The Morgan fingerprint density at radius 2 is 1.80 bits per heavy atom. The van der Waals surface area contributed by atoms with Crippen molar-refractivity contribution in [2.75, 3.05) is 0 Å². The van der Waals surface area contributed by atoms with Gasteiger partial charge in [-0.05, 0) is 55.3 Å². The number of halogens is 1. The Labute approximate surface area is 181 Å². The summed E-state index contributed by atoms with van der Waals surface area (Å²) in [5.74, 6) is 1.27. The molecule has 3 aromatic carbocycles. The van der Waals surface area contributed by atoms with Crippen molar-refractivity contribution < 1.29 is 14.3 Å². The lowest BCUT2D eigenvalue weighted by Crippen LogP contribution is -2.24. The van der Waals surface area contributed by atoms with Crippen molar-refractivity contribution in [2.45, 2.75) is 32.5 Å². The third-order valence-electron chi connectivity index (χ3n) is 4.99. The molecule has 0 saturated heterocycles. The van der Waals surface area contributed by atoms with E-state index in [4.69, 9.17) is 21.1 Å². The van der Waals surface area contributed by atoms with Gasteiger partial charge < -0.3 is 9.47 Å². The van der Waals surface area contributed by atoms with E-state index in [1.54, 1.807) is 30.4 Å². The Hall–Kier alpha value is -3.04. The lowest BCUT2D eigenvalue weighted by Gasteiger charge is -2.16. The summed E-state index contributed by atoms with van der Waals surface area (Å²) in [6.45, 7) is 4.46. The van der Waals surface area contributed by atoms with Crippen molar-refractivity contribution in [1.29, 1.82) is 0 Å². The van der Waals surface area contributed by atoms with Gasteiger partial charge in [0.25, 0.3) is 0 Å². The molecule has 1 aliphatic rings. The van der Waals surface area contributed by atoms with Crippen molar-refractivity contribution in [3.05, 3.63) is 100 Å². The Kier molecular flexibility index (Phi) is 5.65. The van der Waals surface area contributed by atoms with Gasteiger partial charge in [-0.2, -0.15) is 0 Å². The van der Waals surface area contributed by atoms with Gasteiger partial charge in [-0.3, -0.25) is 4.79 Å². The predicted octanol–water partition coefficient (Wildman–Crippen LogP) is 6.53. The van der Waals surface area contributed by atoms with Gasteiger partial charge in [-0.1, -0.05) is 60.1 Å². The first-order valence-corrected chi connectivity index (χ1v) is 10.3. The molecule has 0 unspecified atom stereocenters. The number of hydrogen-bond acceptors (Lipinski definition) is 3. The molecule has 0 atom stereocenters. The van der Waals surface area contributed by atoms with Crippen LogP contribution in [-0.4, -0.2) is 11.4 Å². The highest BCUT2D eigenvalue weighted by atomic mass is 35.5. The smallest absolute Gasteiger partial charge is 0.189 e. The average Bonchev–Trinajstić information content (AvgIpc) is 3.06. The van der Waals surface area contributed by atoms with Crippen LogP contribution in [0.2, 0.25) is 5.02 Å². The van der Waals surface area contributed by atoms with Crippen molar-refractivity contribution in [1.82, 2.24) is 0 Å². The van der Waals surface area contributed by atoms with Crippen LogP contribution in [0.15, 0.2) is 72.8 Å². The summed E-state index contributed by atoms with van der Waals surface area (Å²) in [5.41, 5.74) is 3.11. The van der Waals surface area contributed by atoms with Crippen LogP contribution in [0.25, 0.3) is 6.08 Å². The predicted molar refractivity (Wildman–Crippen MR) is 120 cm³/mol. The van der Waals surface area contributed by atoms with Gasteiger partial charge in [0.1, 0.15) is 23.7 Å². The highest BCUT2D eigenvalue weighted by Gasteiger charge is 2.34. The van der Waals surface area contributed by atoms with Gasteiger partial charge in [0.05, 0.1) is 5.56 Å². The number of carbonyl (C=O) groups is 1. The van der Waals surface area contributed by atoms with E-state index in [1.165, 1.54) is 0 Å². The summed E-state index contributed by atoms with van der Waals surface area (Å²) in [6.07, 6.45) is 4.04. The monoisotopic (exact) mass is 418 g/mol. The molecule has 0 fully saturated rings. The maximum atomic E-state index is 13.0. The van der Waals surface area contributed by atoms with Crippen LogP contribution in [-0.2, 0) is 13.0 Å². The second kappa shape index (κ2) is 8.37. The Balaban J connectivity index is 1.64. The highest BCUT2D eigenvalue weighted by molar-refractivity contribution is 6.30. The van der Waals surface area contributed by atoms with E-state index in [9.17, 15) is 4.79 Å². The molecule has 0 saturated carbocycles. The van der Waals surface area contributed by atoms with Gasteiger partial charge >= 0.3 is 0 Å². The molecule has 4 heteroatoms. The third-order valence-corrected chi connectivity index (χ3v) is 5.25. The molecular weight excluding hydrogens is 396 g/mol. The molecule has 1 heterocycles. The minimum atomic E-state index is -0.325. The molecule has 152 valence electrons. The van der Waals surface area contributed by atoms with Gasteiger partial charge in [0, 0.05) is 17.0 Å². The molecule has 0 N–H and O–H groups in total. The Morgan fingerprint density at radius 1 is 1.07 bits per heavy atom. The summed E-state index contributed by atoms with van der Waals surface area (Å²) >= 11 is 5.93. The van der Waals surface area contributed by atoms with E-state index < -0.39 is 0 Å². The average molecular weight is 419 g/mol. The van der Waals surface area contributed by atoms with Gasteiger partial charge in [0.15, 0.2) is 5.78 Å². The van der Waals surface area contributed by atoms with Crippen LogP contribution < -0.4 is 9.47 Å². The van der Waals surface area contributed by atoms with Crippen molar-refractivity contribution >= 4 is 23.5 Å². The SMILES string of the molecule is CC1(C)Cc2c(ccc(C(=O)/C=C/c3ccc(Cl)cc3)c2OCc2ccccc2)O1. The zero-order valence-electron chi connectivity index (χ0n) is 17.0.